The van der Waals surface area contributed by atoms with Crippen LogP contribution in [0.25, 0.3) is 0 Å². The van der Waals surface area contributed by atoms with Crippen molar-refractivity contribution in [3.8, 4) is 5.75 Å². The van der Waals surface area contributed by atoms with Gasteiger partial charge in [0.1, 0.15) is 11.5 Å². The number of halogens is 4. The minimum absolute atomic E-state index is 0.0986. The molecular weight excluding hydrogens is 477 g/mol. The molecule has 11 heteroatoms. The highest BCUT2D eigenvalue weighted by atomic mass is 35.5. The van der Waals surface area contributed by atoms with E-state index in [-0.39, 0.29) is 42.0 Å². The van der Waals surface area contributed by atoms with Crippen molar-refractivity contribution in [1.29, 1.82) is 0 Å². The Kier molecular flexibility index (Phi) is 4.80. The van der Waals surface area contributed by atoms with Crippen molar-refractivity contribution >= 4 is 17.5 Å². The number of ether oxygens (including phenoxy) is 2. The number of nitrogens with zero attached hydrogens (tertiary/aromatic N) is 1. The summed E-state index contributed by atoms with van der Waals surface area (Å²) in [5.74, 6) is 0.800. The van der Waals surface area contributed by atoms with Crippen molar-refractivity contribution in [1.82, 2.24) is 10.5 Å². The third kappa shape index (κ3) is 3.67. The van der Waals surface area contributed by atoms with Gasteiger partial charge in [-0.3, -0.25) is 9.53 Å². The first-order valence-corrected chi connectivity index (χ1v) is 11.6. The molecule has 1 aromatic heterocycles. The smallest absolute Gasteiger partial charge is 0.480 e. The topological polar surface area (TPSA) is 93.8 Å². The molecule has 4 saturated carbocycles. The van der Waals surface area contributed by atoms with Crippen LogP contribution in [0, 0.1) is 0 Å². The van der Waals surface area contributed by atoms with Crippen LogP contribution in [0.2, 0.25) is 5.02 Å². The highest BCUT2D eigenvalue weighted by Crippen LogP contribution is 2.68. The molecule has 2 bridgehead atoms. The van der Waals surface area contributed by atoms with Gasteiger partial charge < -0.3 is 19.7 Å². The monoisotopic (exact) mass is 498 g/mol. The number of nitrogens with one attached hydrogen (secondary N) is 1. The third-order valence-corrected chi connectivity index (χ3v) is 7.85. The van der Waals surface area contributed by atoms with Crippen LogP contribution in [-0.4, -0.2) is 40.3 Å². The normalized spacial score (nSPS) is 35.8. The summed E-state index contributed by atoms with van der Waals surface area (Å²) in [6.07, 6.45) is -4.30. The van der Waals surface area contributed by atoms with Gasteiger partial charge in [0.25, 0.3) is 5.91 Å². The second-order valence-electron chi connectivity index (χ2n) is 10.1. The van der Waals surface area contributed by atoms with Crippen molar-refractivity contribution < 1.29 is 37.1 Å². The van der Waals surface area contributed by atoms with Gasteiger partial charge in [-0.2, -0.15) is 0 Å². The predicted octanol–water partition coefficient (Wildman–Crippen LogP) is 4.29. The Morgan fingerprint density at radius 2 is 1.94 bits per heavy atom. The lowest BCUT2D eigenvalue weighted by Gasteiger charge is -2.69. The van der Waals surface area contributed by atoms with Gasteiger partial charge in [0.15, 0.2) is 6.10 Å². The van der Waals surface area contributed by atoms with Crippen LogP contribution in [0.1, 0.15) is 67.6 Å². The Morgan fingerprint density at radius 1 is 1.21 bits per heavy atom. The average Bonchev–Trinajstić information content (AvgIpc) is 3.14. The van der Waals surface area contributed by atoms with E-state index in [2.05, 4.69) is 15.2 Å². The lowest BCUT2D eigenvalue weighted by atomic mass is 9.38. The fraction of sp³-hybridized carbons (Fsp3) is 0.565. The van der Waals surface area contributed by atoms with E-state index >= 15 is 0 Å². The number of rotatable bonds is 5. The quantitative estimate of drug-likeness (QED) is 0.639. The van der Waals surface area contributed by atoms with Crippen molar-refractivity contribution in [2.24, 2.45) is 0 Å². The van der Waals surface area contributed by atoms with Crippen LogP contribution in [0.5, 0.6) is 5.75 Å². The Morgan fingerprint density at radius 3 is 2.65 bits per heavy atom. The van der Waals surface area contributed by atoms with Crippen molar-refractivity contribution in [2.75, 3.05) is 0 Å². The summed E-state index contributed by atoms with van der Waals surface area (Å²) < 4.78 is 52.3. The van der Waals surface area contributed by atoms with Gasteiger partial charge in [-0.05, 0) is 50.3 Å². The van der Waals surface area contributed by atoms with Gasteiger partial charge in [-0.1, -0.05) is 16.8 Å². The molecular formula is C23H22ClF3N2O5. The SMILES string of the molecule is O=C(NC12CC(c3cc([C@H]4C[C@@H](OC(F)(F)F)C4)no3)(C1)C2)[C@@H]1C[C@@H](O)c2cc(Cl)ccc2O1. The number of amides is 1. The molecule has 1 aromatic carbocycles. The van der Waals surface area contributed by atoms with Gasteiger partial charge in [0, 0.05) is 39.9 Å². The molecule has 1 aliphatic heterocycles. The molecule has 34 heavy (non-hydrogen) atoms. The van der Waals surface area contributed by atoms with Crippen molar-refractivity contribution in [3.63, 3.8) is 0 Å². The number of hydrogen-bond acceptors (Lipinski definition) is 6. The predicted molar refractivity (Wildman–Crippen MR) is 111 cm³/mol. The summed E-state index contributed by atoms with van der Waals surface area (Å²) in [4.78, 5) is 12.9. The molecule has 7 nitrogen and oxygen atoms in total. The van der Waals surface area contributed by atoms with Crippen LogP contribution in [0.15, 0.2) is 28.8 Å². The van der Waals surface area contributed by atoms with Crippen molar-refractivity contribution in [2.45, 2.75) is 80.1 Å². The number of fused-ring (bicyclic) bond motifs is 1. The largest absolute Gasteiger partial charge is 0.522 e. The summed E-state index contributed by atoms with van der Waals surface area (Å²) in [5.41, 5.74) is 0.703. The van der Waals surface area contributed by atoms with E-state index in [1.807, 2.05) is 6.07 Å². The number of aromatic nitrogens is 1. The zero-order chi connectivity index (χ0) is 23.9. The molecule has 2 atom stereocenters. The van der Waals surface area contributed by atoms with Gasteiger partial charge in [-0.15, -0.1) is 13.2 Å². The van der Waals surface area contributed by atoms with E-state index < -0.39 is 24.7 Å². The van der Waals surface area contributed by atoms with Gasteiger partial charge in [-0.25, -0.2) is 0 Å². The molecule has 5 aliphatic rings. The number of alkyl halides is 3. The zero-order valence-electron chi connectivity index (χ0n) is 17.9. The number of aliphatic hydroxyl groups excluding tert-OH is 1. The maximum atomic E-state index is 12.9. The van der Waals surface area contributed by atoms with Crippen LogP contribution < -0.4 is 10.1 Å². The van der Waals surface area contributed by atoms with E-state index in [0.717, 1.165) is 0 Å². The van der Waals surface area contributed by atoms with E-state index in [9.17, 15) is 23.1 Å². The molecule has 1 amide bonds. The molecule has 182 valence electrons. The van der Waals surface area contributed by atoms with Gasteiger partial charge in [0.05, 0.1) is 17.9 Å². The molecule has 7 rings (SSSR count). The number of carbonyl (C=O) groups is 1. The number of hydrogen-bond donors (Lipinski definition) is 2. The first kappa shape index (κ1) is 22.2. The summed E-state index contributed by atoms with van der Waals surface area (Å²) >= 11 is 5.98. The van der Waals surface area contributed by atoms with Gasteiger partial charge >= 0.3 is 6.36 Å². The first-order valence-electron chi connectivity index (χ1n) is 11.2. The van der Waals surface area contributed by atoms with Crippen LogP contribution in [0.4, 0.5) is 13.2 Å². The van der Waals surface area contributed by atoms with E-state index in [1.165, 1.54) is 0 Å². The van der Waals surface area contributed by atoms with E-state index in [0.29, 0.717) is 47.1 Å². The fourth-order valence-corrected chi connectivity index (χ4v) is 6.11. The zero-order valence-corrected chi connectivity index (χ0v) is 18.7. The standard InChI is InChI=1S/C23H22ClF3N2O5/c24-12-1-2-17-14(5-12)16(30)7-18(32-17)20(31)28-22-8-21(9-22,10-22)19-6-15(29-34-19)11-3-13(4-11)33-23(25,26)27/h1-2,5-6,11,13,16,18,30H,3-4,7-10H2,(H,28,31)/t11-,13+,16-,18+,21?,22?/m1/s1. The van der Waals surface area contributed by atoms with Gasteiger partial charge in [0.2, 0.25) is 0 Å². The highest BCUT2D eigenvalue weighted by Gasteiger charge is 2.71. The molecule has 2 N–H and O–H groups in total. The highest BCUT2D eigenvalue weighted by molar-refractivity contribution is 6.30. The lowest BCUT2D eigenvalue weighted by Crippen LogP contribution is -2.77. The summed E-state index contributed by atoms with van der Waals surface area (Å²) in [6.45, 7) is 0. The van der Waals surface area contributed by atoms with Crippen LogP contribution in [-0.2, 0) is 14.9 Å². The number of aliphatic hydroxyl groups is 1. The second kappa shape index (κ2) is 7.35. The molecule has 2 heterocycles. The average molecular weight is 499 g/mol. The lowest BCUT2D eigenvalue weighted by molar-refractivity contribution is -0.351. The minimum Gasteiger partial charge on any atom is -0.480 e. The summed E-state index contributed by atoms with van der Waals surface area (Å²) in [5, 5.41) is 18.1. The molecule has 0 radical (unpaired) electrons. The first-order chi connectivity index (χ1) is 16.0. The molecule has 4 fully saturated rings. The summed E-state index contributed by atoms with van der Waals surface area (Å²) in [6, 6.07) is 6.77. The second-order valence-corrected chi connectivity index (χ2v) is 10.5. The Bertz CT molecular complexity index is 1130. The van der Waals surface area contributed by atoms with Crippen molar-refractivity contribution in [3.05, 3.63) is 46.3 Å². The number of carbonyl (C=O) groups excluding carboxylic acids is 1. The Balaban J connectivity index is 1.03. The minimum atomic E-state index is -4.62. The fourth-order valence-electron chi connectivity index (χ4n) is 5.93. The van der Waals surface area contributed by atoms with Crippen LogP contribution in [0.3, 0.4) is 0 Å². The molecule has 4 aliphatic carbocycles. The molecule has 0 saturated heterocycles. The maximum absolute atomic E-state index is 12.9. The Labute approximate surface area is 197 Å². The third-order valence-electron chi connectivity index (χ3n) is 7.61. The van der Waals surface area contributed by atoms with E-state index in [1.54, 1.807) is 18.2 Å². The molecule has 0 spiro atoms. The molecule has 0 unspecified atom stereocenters. The molecule has 2 aromatic rings. The van der Waals surface area contributed by atoms with E-state index in [4.69, 9.17) is 20.9 Å². The Hall–Kier alpha value is -2.30. The maximum Gasteiger partial charge on any atom is 0.522 e. The van der Waals surface area contributed by atoms with Crippen LogP contribution >= 0.6 is 11.6 Å². The number of benzene rings is 1. The summed E-state index contributed by atoms with van der Waals surface area (Å²) in [7, 11) is 0.